The van der Waals surface area contributed by atoms with E-state index >= 15 is 0 Å². The lowest BCUT2D eigenvalue weighted by atomic mass is 10.0. The maximum absolute atomic E-state index is 8.78. The Balaban J connectivity index is 0.000000671. The molecule has 0 aromatic rings. The molecule has 0 saturated heterocycles. The van der Waals surface area contributed by atoms with E-state index in [1.165, 1.54) is 0 Å². The topological polar surface area (TPSA) is 52.5 Å². The van der Waals surface area contributed by atoms with Gasteiger partial charge >= 0.3 is 0 Å². The molecule has 13 heavy (non-hydrogen) atoms. The van der Waals surface area contributed by atoms with E-state index < -0.39 is 0 Å². The van der Waals surface area contributed by atoms with E-state index in [9.17, 15) is 0 Å². The third kappa shape index (κ3) is 4.22. The van der Waals surface area contributed by atoms with Gasteiger partial charge in [0.05, 0.1) is 12.6 Å². The van der Waals surface area contributed by atoms with E-state index in [-0.39, 0.29) is 12.6 Å². The number of rotatable bonds is 3. The first-order valence-electron chi connectivity index (χ1n) is 4.75. The summed E-state index contributed by atoms with van der Waals surface area (Å²) in [6.07, 6.45) is 8.02. The molecule has 0 radical (unpaired) electrons. The number of hydrogen-bond donors (Lipinski definition) is 3. The van der Waals surface area contributed by atoms with Crippen LogP contribution in [0.5, 0.6) is 0 Å². The molecule has 1 rings (SSSR count). The van der Waals surface area contributed by atoms with Gasteiger partial charge in [0.1, 0.15) is 0 Å². The SMILES string of the molecule is CC.OC[C@@H](NO)C1=CCCC=C1. The number of aliphatic hydroxyl groups excluding tert-OH is 1. The average Bonchev–Trinajstić information content (AvgIpc) is 2.24. The summed E-state index contributed by atoms with van der Waals surface area (Å²) in [6.45, 7) is 3.92. The molecule has 0 unspecified atom stereocenters. The second-order valence-electron chi connectivity index (χ2n) is 2.55. The highest BCUT2D eigenvalue weighted by molar-refractivity contribution is 5.27. The predicted octanol–water partition coefficient (Wildman–Crippen LogP) is 1.63. The highest BCUT2D eigenvalue weighted by atomic mass is 16.5. The minimum Gasteiger partial charge on any atom is -0.394 e. The summed E-state index contributed by atoms with van der Waals surface area (Å²) in [5, 5.41) is 17.4. The van der Waals surface area contributed by atoms with E-state index in [1.807, 2.05) is 32.1 Å². The molecule has 0 fully saturated rings. The van der Waals surface area contributed by atoms with Crippen LogP contribution in [0.25, 0.3) is 0 Å². The molecule has 1 aliphatic carbocycles. The molecule has 76 valence electrons. The highest BCUT2D eigenvalue weighted by Crippen LogP contribution is 2.12. The molecule has 0 bridgehead atoms. The normalized spacial score (nSPS) is 17.1. The molecule has 0 amide bonds. The molecular weight excluding hydrogens is 166 g/mol. The van der Waals surface area contributed by atoms with Crippen LogP contribution < -0.4 is 5.48 Å². The summed E-state index contributed by atoms with van der Waals surface area (Å²) in [5.41, 5.74) is 3.01. The maximum atomic E-state index is 8.78. The largest absolute Gasteiger partial charge is 0.394 e. The molecule has 0 spiro atoms. The zero-order chi connectivity index (χ0) is 10.1. The molecule has 1 aliphatic rings. The van der Waals surface area contributed by atoms with Gasteiger partial charge in [-0.2, -0.15) is 5.48 Å². The number of hydroxylamine groups is 1. The average molecular weight is 185 g/mol. The molecule has 3 heteroatoms. The van der Waals surface area contributed by atoms with Crippen molar-refractivity contribution in [2.45, 2.75) is 32.7 Å². The van der Waals surface area contributed by atoms with Crippen LogP contribution in [0.4, 0.5) is 0 Å². The number of nitrogens with one attached hydrogen (secondary N) is 1. The highest BCUT2D eigenvalue weighted by Gasteiger charge is 2.09. The van der Waals surface area contributed by atoms with Gasteiger partial charge in [-0.15, -0.1) is 0 Å². The van der Waals surface area contributed by atoms with Crippen LogP contribution in [0.3, 0.4) is 0 Å². The van der Waals surface area contributed by atoms with Gasteiger partial charge in [0.25, 0.3) is 0 Å². The van der Waals surface area contributed by atoms with Gasteiger partial charge in [0.2, 0.25) is 0 Å². The Morgan fingerprint density at radius 3 is 2.54 bits per heavy atom. The van der Waals surface area contributed by atoms with Crippen LogP contribution in [0, 0.1) is 0 Å². The van der Waals surface area contributed by atoms with Gasteiger partial charge in [0.15, 0.2) is 0 Å². The van der Waals surface area contributed by atoms with Gasteiger partial charge < -0.3 is 10.3 Å². The molecule has 3 N–H and O–H groups in total. The van der Waals surface area contributed by atoms with Crippen LogP contribution in [-0.2, 0) is 0 Å². The fourth-order valence-corrected chi connectivity index (χ4v) is 1.11. The monoisotopic (exact) mass is 185 g/mol. The quantitative estimate of drug-likeness (QED) is 0.586. The van der Waals surface area contributed by atoms with Gasteiger partial charge in [-0.25, -0.2) is 0 Å². The minimum atomic E-state index is -0.327. The van der Waals surface area contributed by atoms with Crippen molar-refractivity contribution < 1.29 is 10.3 Å². The Hall–Kier alpha value is -0.640. The second-order valence-corrected chi connectivity index (χ2v) is 2.55. The molecule has 0 saturated carbocycles. The third-order valence-electron chi connectivity index (χ3n) is 1.76. The van der Waals surface area contributed by atoms with Crippen LogP contribution in [0.15, 0.2) is 23.8 Å². The first-order valence-corrected chi connectivity index (χ1v) is 4.75. The molecule has 0 heterocycles. The summed E-state index contributed by atoms with van der Waals surface area (Å²) < 4.78 is 0. The van der Waals surface area contributed by atoms with Gasteiger partial charge in [-0.1, -0.05) is 32.1 Å². The van der Waals surface area contributed by atoms with E-state index in [2.05, 4.69) is 5.48 Å². The fraction of sp³-hybridized carbons (Fsp3) is 0.600. The van der Waals surface area contributed by atoms with Crippen molar-refractivity contribution >= 4 is 0 Å². The van der Waals surface area contributed by atoms with E-state index in [0.717, 1.165) is 18.4 Å². The lowest BCUT2D eigenvalue weighted by Crippen LogP contribution is -2.31. The Morgan fingerprint density at radius 2 is 2.15 bits per heavy atom. The lowest BCUT2D eigenvalue weighted by molar-refractivity contribution is 0.107. The number of allylic oxidation sites excluding steroid dienone is 2. The molecule has 0 aliphatic heterocycles. The van der Waals surface area contributed by atoms with Gasteiger partial charge in [0, 0.05) is 0 Å². The Kier molecular flexibility index (Phi) is 7.59. The summed E-state index contributed by atoms with van der Waals surface area (Å²) >= 11 is 0. The van der Waals surface area contributed by atoms with Crippen LogP contribution in [0.1, 0.15) is 26.7 Å². The van der Waals surface area contributed by atoms with E-state index in [0.29, 0.717) is 0 Å². The minimum absolute atomic E-state index is 0.0767. The Morgan fingerprint density at radius 1 is 1.46 bits per heavy atom. The van der Waals surface area contributed by atoms with Crippen molar-refractivity contribution in [3.63, 3.8) is 0 Å². The first-order chi connectivity index (χ1) is 6.38. The summed E-state index contributed by atoms with van der Waals surface area (Å²) in [4.78, 5) is 0. The number of hydrogen-bond acceptors (Lipinski definition) is 3. The molecular formula is C10H19NO2. The predicted molar refractivity (Wildman–Crippen MR) is 53.6 cm³/mol. The van der Waals surface area contributed by atoms with Crippen LogP contribution in [-0.4, -0.2) is 23.0 Å². The zero-order valence-electron chi connectivity index (χ0n) is 8.33. The first kappa shape index (κ1) is 12.4. The smallest absolute Gasteiger partial charge is 0.0796 e. The van der Waals surface area contributed by atoms with E-state index in [4.69, 9.17) is 10.3 Å². The summed E-state index contributed by atoms with van der Waals surface area (Å²) in [6, 6.07) is -0.327. The van der Waals surface area contributed by atoms with Crippen molar-refractivity contribution in [1.82, 2.24) is 5.48 Å². The Bertz CT molecular complexity index is 172. The van der Waals surface area contributed by atoms with Crippen molar-refractivity contribution in [2.24, 2.45) is 0 Å². The van der Waals surface area contributed by atoms with E-state index in [1.54, 1.807) is 0 Å². The van der Waals surface area contributed by atoms with Crippen molar-refractivity contribution in [3.8, 4) is 0 Å². The second kappa shape index (κ2) is 7.98. The standard InChI is InChI=1S/C8H13NO2.C2H6/c10-6-8(9-11)7-4-2-1-3-5-7;1-2/h2,4-5,8-11H,1,3,6H2;1-2H3/t8-;/m1./s1. The lowest BCUT2D eigenvalue weighted by Gasteiger charge is -2.15. The summed E-state index contributed by atoms with van der Waals surface area (Å²) in [7, 11) is 0. The fourth-order valence-electron chi connectivity index (χ4n) is 1.11. The molecule has 1 atom stereocenters. The Labute approximate surface area is 79.7 Å². The molecule has 0 aromatic carbocycles. The number of aliphatic hydroxyl groups is 1. The van der Waals surface area contributed by atoms with Gasteiger partial charge in [-0.3, -0.25) is 0 Å². The summed E-state index contributed by atoms with van der Waals surface area (Å²) in [5.74, 6) is 0. The maximum Gasteiger partial charge on any atom is 0.0796 e. The van der Waals surface area contributed by atoms with Crippen LogP contribution in [0.2, 0.25) is 0 Å². The molecule has 0 aromatic heterocycles. The van der Waals surface area contributed by atoms with Crippen LogP contribution >= 0.6 is 0 Å². The van der Waals surface area contributed by atoms with Crippen molar-refractivity contribution in [3.05, 3.63) is 23.8 Å². The van der Waals surface area contributed by atoms with Crippen molar-refractivity contribution in [2.75, 3.05) is 6.61 Å². The van der Waals surface area contributed by atoms with Gasteiger partial charge in [-0.05, 0) is 18.4 Å². The third-order valence-corrected chi connectivity index (χ3v) is 1.76. The van der Waals surface area contributed by atoms with Crippen molar-refractivity contribution in [1.29, 1.82) is 0 Å². The molecule has 3 nitrogen and oxygen atoms in total. The zero-order valence-corrected chi connectivity index (χ0v) is 8.33.